The topological polar surface area (TPSA) is 54.9 Å². The summed E-state index contributed by atoms with van der Waals surface area (Å²) in [5.41, 5.74) is 4.12. The Kier molecular flexibility index (Phi) is 3.62. The van der Waals surface area contributed by atoms with Crippen LogP contribution in [0.2, 0.25) is 0 Å². The Hall–Kier alpha value is -1.97. The van der Waals surface area contributed by atoms with Crippen molar-refractivity contribution in [3.63, 3.8) is 0 Å². The van der Waals surface area contributed by atoms with Crippen molar-refractivity contribution in [2.24, 2.45) is 5.92 Å². The van der Waals surface area contributed by atoms with Crippen LogP contribution < -0.4 is 5.32 Å². The maximum Gasteiger partial charge on any atom is 0.251 e. The van der Waals surface area contributed by atoms with Crippen molar-refractivity contribution >= 4 is 16.9 Å². The first-order chi connectivity index (χ1) is 10.0. The number of benzene rings is 1. The second-order valence-electron chi connectivity index (χ2n) is 6.09. The molecule has 4 heteroatoms. The molecule has 0 saturated heterocycles. The van der Waals surface area contributed by atoms with Gasteiger partial charge < -0.3 is 5.32 Å². The first-order valence-corrected chi connectivity index (χ1v) is 7.60. The number of hydrogen-bond acceptors (Lipinski definition) is 3. The van der Waals surface area contributed by atoms with Gasteiger partial charge in [0.25, 0.3) is 5.91 Å². The molecule has 0 bridgehead atoms. The molecule has 21 heavy (non-hydrogen) atoms. The number of nitrogens with one attached hydrogen (secondary N) is 1. The van der Waals surface area contributed by atoms with Crippen molar-refractivity contribution in [1.82, 2.24) is 15.3 Å². The average molecular weight is 283 g/mol. The molecule has 1 aliphatic rings. The largest absolute Gasteiger partial charge is 0.349 e. The van der Waals surface area contributed by atoms with Crippen LogP contribution in [0, 0.1) is 19.8 Å². The minimum absolute atomic E-state index is 0.00400. The summed E-state index contributed by atoms with van der Waals surface area (Å²) in [6, 6.07) is 5.85. The SMILES string of the molecule is Cc1nc2ccc(C(=O)N[C@H]3CCC[C@@H]3C)cc2nc1C. The van der Waals surface area contributed by atoms with Gasteiger partial charge in [-0.1, -0.05) is 13.3 Å². The first kappa shape index (κ1) is 14.0. The van der Waals surface area contributed by atoms with Crippen molar-refractivity contribution in [3.8, 4) is 0 Å². The van der Waals surface area contributed by atoms with Gasteiger partial charge in [-0.15, -0.1) is 0 Å². The predicted molar refractivity (Wildman–Crippen MR) is 83.3 cm³/mol. The fourth-order valence-corrected chi connectivity index (χ4v) is 2.98. The van der Waals surface area contributed by atoms with Gasteiger partial charge in [-0.05, 0) is 50.8 Å². The summed E-state index contributed by atoms with van der Waals surface area (Å²) in [6.45, 7) is 6.09. The molecule has 1 N–H and O–H groups in total. The minimum atomic E-state index is -0.00400. The van der Waals surface area contributed by atoms with Crippen molar-refractivity contribution in [1.29, 1.82) is 0 Å². The third kappa shape index (κ3) is 2.75. The molecule has 0 aliphatic heterocycles. The van der Waals surface area contributed by atoms with Crippen molar-refractivity contribution < 1.29 is 4.79 Å². The van der Waals surface area contributed by atoms with E-state index >= 15 is 0 Å². The summed E-state index contributed by atoms with van der Waals surface area (Å²) in [6.07, 6.45) is 3.49. The highest BCUT2D eigenvalue weighted by atomic mass is 16.1. The number of aryl methyl sites for hydroxylation is 2. The summed E-state index contributed by atoms with van der Waals surface area (Å²) in [5.74, 6) is 0.565. The Bertz CT molecular complexity index is 696. The van der Waals surface area contributed by atoms with Gasteiger partial charge in [0, 0.05) is 11.6 Å². The molecule has 3 rings (SSSR count). The van der Waals surface area contributed by atoms with Crippen LogP contribution in [-0.4, -0.2) is 21.9 Å². The Morgan fingerprint density at radius 1 is 1.14 bits per heavy atom. The van der Waals surface area contributed by atoms with E-state index in [2.05, 4.69) is 22.2 Å². The molecule has 2 aromatic rings. The molecule has 1 aromatic heterocycles. The number of fused-ring (bicyclic) bond motifs is 1. The minimum Gasteiger partial charge on any atom is -0.349 e. The lowest BCUT2D eigenvalue weighted by atomic mass is 10.1. The molecule has 1 amide bonds. The first-order valence-electron chi connectivity index (χ1n) is 7.60. The van der Waals surface area contributed by atoms with Gasteiger partial charge in [0.1, 0.15) is 0 Å². The highest BCUT2D eigenvalue weighted by Gasteiger charge is 2.25. The van der Waals surface area contributed by atoms with Crippen molar-refractivity contribution in [2.45, 2.75) is 46.1 Å². The fourth-order valence-electron chi connectivity index (χ4n) is 2.98. The molecule has 1 aromatic carbocycles. The van der Waals surface area contributed by atoms with E-state index in [0.29, 0.717) is 17.5 Å². The van der Waals surface area contributed by atoms with E-state index in [9.17, 15) is 4.79 Å². The summed E-state index contributed by atoms with van der Waals surface area (Å²) in [7, 11) is 0. The maximum atomic E-state index is 12.4. The van der Waals surface area contributed by atoms with Gasteiger partial charge in [0.2, 0.25) is 0 Å². The highest BCUT2D eigenvalue weighted by Crippen LogP contribution is 2.25. The van der Waals surface area contributed by atoms with Gasteiger partial charge in [-0.2, -0.15) is 0 Å². The second-order valence-corrected chi connectivity index (χ2v) is 6.09. The Balaban J connectivity index is 1.86. The lowest BCUT2D eigenvalue weighted by molar-refractivity contribution is 0.0930. The third-order valence-corrected chi connectivity index (χ3v) is 4.52. The zero-order chi connectivity index (χ0) is 15.0. The molecule has 2 atom stereocenters. The van der Waals surface area contributed by atoms with Gasteiger partial charge in [-0.3, -0.25) is 4.79 Å². The molecule has 1 saturated carbocycles. The monoisotopic (exact) mass is 283 g/mol. The molecule has 0 radical (unpaired) electrons. The molecular formula is C17H21N3O. The summed E-state index contributed by atoms with van der Waals surface area (Å²) >= 11 is 0. The van der Waals surface area contributed by atoms with E-state index < -0.39 is 0 Å². The molecule has 1 heterocycles. The fraction of sp³-hybridized carbons (Fsp3) is 0.471. The summed E-state index contributed by atoms with van der Waals surface area (Å²) < 4.78 is 0. The molecule has 110 valence electrons. The molecule has 4 nitrogen and oxygen atoms in total. The van der Waals surface area contributed by atoms with Crippen LogP contribution >= 0.6 is 0 Å². The lowest BCUT2D eigenvalue weighted by Crippen LogP contribution is -2.36. The number of rotatable bonds is 2. The number of amides is 1. The molecule has 0 unspecified atom stereocenters. The molecule has 1 aliphatic carbocycles. The van der Waals surface area contributed by atoms with E-state index in [-0.39, 0.29) is 5.91 Å². The summed E-state index contributed by atoms with van der Waals surface area (Å²) in [5, 5.41) is 3.15. The third-order valence-electron chi connectivity index (χ3n) is 4.52. The highest BCUT2D eigenvalue weighted by molar-refractivity contribution is 5.97. The van der Waals surface area contributed by atoms with E-state index in [1.54, 1.807) is 0 Å². The molecular weight excluding hydrogens is 262 g/mol. The zero-order valence-corrected chi connectivity index (χ0v) is 12.8. The second kappa shape index (κ2) is 5.43. The summed E-state index contributed by atoms with van der Waals surface area (Å²) in [4.78, 5) is 21.4. The van der Waals surface area contributed by atoms with Crippen molar-refractivity contribution in [2.75, 3.05) is 0 Å². The standard InChI is InChI=1S/C17H21N3O/c1-10-5-4-6-14(10)20-17(21)13-7-8-15-16(9-13)19-12(3)11(2)18-15/h7-10,14H,4-6H2,1-3H3,(H,20,21)/t10-,14-/m0/s1. The zero-order valence-electron chi connectivity index (χ0n) is 12.8. The van der Waals surface area contributed by atoms with Crippen LogP contribution in [0.4, 0.5) is 0 Å². The average Bonchev–Trinajstić information content (AvgIpc) is 2.85. The van der Waals surface area contributed by atoms with Crippen LogP contribution in [0.3, 0.4) is 0 Å². The lowest BCUT2D eigenvalue weighted by Gasteiger charge is -2.17. The van der Waals surface area contributed by atoms with Crippen molar-refractivity contribution in [3.05, 3.63) is 35.2 Å². The van der Waals surface area contributed by atoms with Gasteiger partial charge in [0.05, 0.1) is 22.4 Å². The predicted octanol–water partition coefficient (Wildman–Crippen LogP) is 3.17. The Morgan fingerprint density at radius 3 is 2.52 bits per heavy atom. The number of aromatic nitrogens is 2. The number of carbonyl (C=O) groups excluding carboxylic acids is 1. The molecule has 0 spiro atoms. The smallest absolute Gasteiger partial charge is 0.251 e. The maximum absolute atomic E-state index is 12.4. The number of hydrogen-bond donors (Lipinski definition) is 1. The van der Waals surface area contributed by atoms with E-state index in [4.69, 9.17) is 0 Å². The van der Waals surface area contributed by atoms with E-state index in [1.807, 2.05) is 32.0 Å². The quantitative estimate of drug-likeness (QED) is 0.921. The van der Waals surface area contributed by atoms with Crippen LogP contribution in [0.1, 0.15) is 47.9 Å². The van der Waals surface area contributed by atoms with E-state index in [1.165, 1.54) is 12.8 Å². The van der Waals surface area contributed by atoms with Crippen LogP contribution in [0.25, 0.3) is 11.0 Å². The van der Waals surface area contributed by atoms with Gasteiger partial charge in [-0.25, -0.2) is 9.97 Å². The van der Waals surface area contributed by atoms with Crippen LogP contribution in [-0.2, 0) is 0 Å². The van der Waals surface area contributed by atoms with Crippen LogP contribution in [0.5, 0.6) is 0 Å². The normalized spacial score (nSPS) is 21.7. The van der Waals surface area contributed by atoms with Gasteiger partial charge >= 0.3 is 0 Å². The number of nitrogens with zero attached hydrogens (tertiary/aromatic N) is 2. The Morgan fingerprint density at radius 2 is 1.86 bits per heavy atom. The number of carbonyl (C=O) groups is 1. The van der Waals surface area contributed by atoms with Gasteiger partial charge in [0.15, 0.2) is 0 Å². The Labute approximate surface area is 125 Å². The van der Waals surface area contributed by atoms with Crippen LogP contribution in [0.15, 0.2) is 18.2 Å². The van der Waals surface area contributed by atoms with E-state index in [0.717, 1.165) is 28.8 Å². The molecule has 1 fully saturated rings.